The van der Waals surface area contributed by atoms with Crippen LogP contribution in [-0.2, 0) is 14.3 Å². The molecule has 4 rings (SSSR count). The molecule has 2 saturated heterocycles. The third-order valence-electron chi connectivity index (χ3n) is 6.49. The van der Waals surface area contributed by atoms with Crippen LogP contribution in [0.1, 0.15) is 41.3 Å². The van der Waals surface area contributed by atoms with Crippen molar-refractivity contribution in [3.8, 4) is 11.5 Å². The molecular weight excluding hydrogens is 402 g/mol. The fraction of sp³-hybridized carbons (Fsp3) is 0.591. The summed E-state index contributed by atoms with van der Waals surface area (Å²) >= 11 is 0. The van der Waals surface area contributed by atoms with Crippen LogP contribution in [0.4, 0.5) is 0 Å². The van der Waals surface area contributed by atoms with Crippen molar-refractivity contribution >= 4 is 17.8 Å². The van der Waals surface area contributed by atoms with Gasteiger partial charge in [0.15, 0.2) is 0 Å². The van der Waals surface area contributed by atoms with Crippen LogP contribution in [0, 0.1) is 0 Å². The zero-order valence-corrected chi connectivity index (χ0v) is 18.3. The third kappa shape index (κ3) is 4.19. The number of ether oxygens (including phenoxy) is 3. The molecule has 9 nitrogen and oxygen atoms in total. The lowest BCUT2D eigenvalue weighted by molar-refractivity contribution is -0.151. The second kappa shape index (κ2) is 8.74. The van der Waals surface area contributed by atoms with Crippen molar-refractivity contribution in [2.75, 3.05) is 54.0 Å². The Morgan fingerprint density at radius 1 is 1.03 bits per heavy atom. The average molecular weight is 431 g/mol. The van der Waals surface area contributed by atoms with Crippen LogP contribution in [0.5, 0.6) is 11.5 Å². The number of fused-ring (bicyclic) bond motifs is 1. The van der Waals surface area contributed by atoms with E-state index in [9.17, 15) is 14.4 Å². The van der Waals surface area contributed by atoms with Crippen molar-refractivity contribution in [3.63, 3.8) is 0 Å². The highest BCUT2D eigenvalue weighted by molar-refractivity contribution is 5.97. The second-order valence-corrected chi connectivity index (χ2v) is 8.32. The number of cyclic esters (lactones) is 1. The van der Waals surface area contributed by atoms with E-state index >= 15 is 0 Å². The van der Waals surface area contributed by atoms with E-state index in [1.165, 1.54) is 12.0 Å². The molecule has 0 radical (unpaired) electrons. The van der Waals surface area contributed by atoms with Crippen molar-refractivity contribution in [3.05, 3.63) is 23.3 Å². The number of piperidine rings is 1. The van der Waals surface area contributed by atoms with Gasteiger partial charge in [0.2, 0.25) is 11.8 Å². The fourth-order valence-corrected chi connectivity index (χ4v) is 4.65. The number of rotatable bonds is 6. The smallest absolute Gasteiger partial charge is 0.342 e. The van der Waals surface area contributed by atoms with E-state index in [2.05, 4.69) is 4.90 Å². The predicted molar refractivity (Wildman–Crippen MR) is 111 cm³/mol. The molecule has 2 amide bonds. The minimum absolute atomic E-state index is 0.00500. The van der Waals surface area contributed by atoms with Gasteiger partial charge in [-0.2, -0.15) is 0 Å². The Balaban J connectivity index is 1.34. The Kier molecular flexibility index (Phi) is 6.04. The second-order valence-electron chi connectivity index (χ2n) is 8.32. The Labute approximate surface area is 181 Å². The average Bonchev–Trinajstić information content (AvgIpc) is 3.10. The van der Waals surface area contributed by atoms with Crippen molar-refractivity contribution in [1.82, 2.24) is 14.7 Å². The summed E-state index contributed by atoms with van der Waals surface area (Å²) in [7, 11) is 4.77. The van der Waals surface area contributed by atoms with E-state index in [0.29, 0.717) is 23.5 Å². The van der Waals surface area contributed by atoms with Gasteiger partial charge >= 0.3 is 5.97 Å². The highest BCUT2D eigenvalue weighted by atomic mass is 16.6. The Bertz CT molecular complexity index is 880. The molecule has 9 heteroatoms. The van der Waals surface area contributed by atoms with Gasteiger partial charge in [-0.3, -0.25) is 9.59 Å². The molecule has 0 spiro atoms. The van der Waals surface area contributed by atoms with Gasteiger partial charge in [0.05, 0.1) is 20.8 Å². The molecule has 3 aliphatic heterocycles. The number of nitrogens with zero attached hydrogens (tertiary/aromatic N) is 3. The van der Waals surface area contributed by atoms with E-state index in [4.69, 9.17) is 14.2 Å². The molecule has 3 aliphatic rings. The van der Waals surface area contributed by atoms with E-state index in [-0.39, 0.29) is 43.0 Å². The van der Waals surface area contributed by atoms with Crippen molar-refractivity contribution in [2.24, 2.45) is 0 Å². The van der Waals surface area contributed by atoms with Gasteiger partial charge in [0, 0.05) is 50.8 Å². The summed E-state index contributed by atoms with van der Waals surface area (Å²) in [4.78, 5) is 42.2. The topological polar surface area (TPSA) is 88.6 Å². The first kappa shape index (κ1) is 21.4. The number of carbonyl (C=O) groups is 3. The van der Waals surface area contributed by atoms with Crippen LogP contribution in [-0.4, -0.2) is 92.5 Å². The van der Waals surface area contributed by atoms with E-state index < -0.39 is 0 Å². The minimum Gasteiger partial charge on any atom is -0.497 e. The van der Waals surface area contributed by atoms with Crippen molar-refractivity contribution < 1.29 is 28.6 Å². The summed E-state index contributed by atoms with van der Waals surface area (Å²) in [5, 5.41) is 0. The van der Waals surface area contributed by atoms with Crippen LogP contribution in [0.3, 0.4) is 0 Å². The fourth-order valence-electron chi connectivity index (χ4n) is 4.65. The van der Waals surface area contributed by atoms with Crippen LogP contribution in [0.2, 0.25) is 0 Å². The minimum atomic E-state index is -0.364. The Hall–Kier alpha value is -2.81. The number of piperazine rings is 1. The summed E-state index contributed by atoms with van der Waals surface area (Å²) < 4.78 is 16.3. The predicted octanol–water partition coefficient (Wildman–Crippen LogP) is 1.07. The maximum atomic E-state index is 12.4. The normalized spacial score (nSPS) is 22.5. The summed E-state index contributed by atoms with van der Waals surface area (Å²) in [6.45, 7) is 2.80. The molecule has 31 heavy (non-hydrogen) atoms. The van der Waals surface area contributed by atoms with Gasteiger partial charge in [-0.05, 0) is 18.9 Å². The van der Waals surface area contributed by atoms with Gasteiger partial charge in [0.1, 0.15) is 29.7 Å². The van der Waals surface area contributed by atoms with Crippen LogP contribution < -0.4 is 9.47 Å². The molecule has 0 bridgehead atoms. The van der Waals surface area contributed by atoms with Gasteiger partial charge in [-0.25, -0.2) is 4.79 Å². The number of hydrogen-bond acceptors (Lipinski definition) is 7. The zero-order valence-electron chi connectivity index (χ0n) is 18.3. The molecular formula is C22H29N3O6. The molecule has 1 aromatic carbocycles. The first-order valence-corrected chi connectivity index (χ1v) is 10.6. The summed E-state index contributed by atoms with van der Waals surface area (Å²) in [5.74, 6) is 0.754. The first-order chi connectivity index (χ1) is 14.9. The molecule has 0 aliphatic carbocycles. The lowest BCUT2D eigenvalue weighted by Crippen LogP contribution is -2.57. The number of esters is 1. The Morgan fingerprint density at radius 3 is 2.45 bits per heavy atom. The van der Waals surface area contributed by atoms with Crippen molar-refractivity contribution in [2.45, 2.75) is 31.4 Å². The SMILES string of the molecule is COc1cc(OC)c2c(c1)[C@@H](CCN1CCC(N3CC(=O)N(C)CC3=O)CC1)OC2=O. The Morgan fingerprint density at radius 2 is 1.77 bits per heavy atom. The van der Waals surface area contributed by atoms with Gasteiger partial charge < -0.3 is 28.9 Å². The van der Waals surface area contributed by atoms with Gasteiger partial charge in [0.25, 0.3) is 0 Å². The van der Waals surface area contributed by atoms with E-state index in [0.717, 1.165) is 38.0 Å². The molecule has 0 aromatic heterocycles. The van der Waals surface area contributed by atoms with Crippen LogP contribution in [0.25, 0.3) is 0 Å². The maximum Gasteiger partial charge on any atom is 0.342 e. The molecule has 1 atom stereocenters. The zero-order chi connectivity index (χ0) is 22.1. The number of amides is 2. The first-order valence-electron chi connectivity index (χ1n) is 10.6. The number of methoxy groups -OCH3 is 2. The van der Waals surface area contributed by atoms with E-state index in [1.807, 2.05) is 6.07 Å². The number of likely N-dealkylation sites (tertiary alicyclic amines) is 1. The number of hydrogen-bond donors (Lipinski definition) is 0. The summed E-state index contributed by atoms with van der Waals surface area (Å²) in [6.07, 6.45) is 2.02. The molecule has 0 N–H and O–H groups in total. The quantitative estimate of drug-likeness (QED) is 0.623. The summed E-state index contributed by atoms with van der Waals surface area (Å²) in [5.41, 5.74) is 1.28. The van der Waals surface area contributed by atoms with Crippen molar-refractivity contribution in [1.29, 1.82) is 0 Å². The monoisotopic (exact) mass is 431 g/mol. The van der Waals surface area contributed by atoms with Crippen LogP contribution >= 0.6 is 0 Å². The number of likely N-dealkylation sites (N-methyl/N-ethyl adjacent to an activating group) is 1. The summed E-state index contributed by atoms with van der Waals surface area (Å²) in [6, 6.07) is 3.65. The van der Waals surface area contributed by atoms with Gasteiger partial charge in [-0.1, -0.05) is 0 Å². The number of carbonyl (C=O) groups excluding carboxylic acids is 3. The van der Waals surface area contributed by atoms with E-state index in [1.54, 1.807) is 25.1 Å². The largest absolute Gasteiger partial charge is 0.497 e. The van der Waals surface area contributed by atoms with Crippen LogP contribution in [0.15, 0.2) is 12.1 Å². The highest BCUT2D eigenvalue weighted by Crippen LogP contribution is 2.41. The molecule has 3 heterocycles. The standard InChI is InChI=1S/C22H29N3O6/c1-23-12-20(27)25(13-19(23)26)14-4-7-24(8-5-14)9-6-17-16-10-15(29-2)11-18(30-3)21(16)22(28)31-17/h10-11,14,17H,4-9,12-13H2,1-3H3/t17-/m1/s1. The molecule has 2 fully saturated rings. The number of benzene rings is 1. The third-order valence-corrected chi connectivity index (χ3v) is 6.49. The molecule has 0 saturated carbocycles. The molecule has 0 unspecified atom stereocenters. The molecule has 168 valence electrons. The lowest BCUT2D eigenvalue weighted by atomic mass is 9.99. The lowest BCUT2D eigenvalue weighted by Gasteiger charge is -2.41. The maximum absolute atomic E-state index is 12.4. The van der Waals surface area contributed by atoms with Gasteiger partial charge in [-0.15, -0.1) is 0 Å². The molecule has 1 aromatic rings. The highest BCUT2D eigenvalue weighted by Gasteiger charge is 2.37.